The lowest BCUT2D eigenvalue weighted by molar-refractivity contribution is 0.113. The maximum atomic E-state index is 10.6. The van der Waals surface area contributed by atoms with Crippen molar-refractivity contribution in [2.45, 2.75) is 45.1 Å². The van der Waals surface area contributed by atoms with Gasteiger partial charge in [0.1, 0.15) is 0 Å². The molecule has 0 heterocycles. The largest absolute Gasteiger partial charge is 0.392 e. The Kier molecular flexibility index (Phi) is 4.12. The molecule has 1 unspecified atom stereocenters. The topological polar surface area (TPSA) is 20.2 Å². The second-order valence-electron chi connectivity index (χ2n) is 6.60. The van der Waals surface area contributed by atoms with Crippen molar-refractivity contribution in [1.82, 2.24) is 0 Å². The molecule has 2 aromatic carbocycles. The molecule has 0 fully saturated rings. The molecule has 110 valence electrons. The molecule has 0 bridgehead atoms. The first-order valence-electron chi connectivity index (χ1n) is 7.97. The lowest BCUT2D eigenvalue weighted by Crippen LogP contribution is -2.23. The predicted molar refractivity (Wildman–Crippen MR) is 87.6 cm³/mol. The molecule has 1 nitrogen and oxygen atoms in total. The van der Waals surface area contributed by atoms with E-state index in [1.54, 1.807) is 0 Å². The maximum Gasteiger partial charge on any atom is 0.0615 e. The van der Waals surface area contributed by atoms with Crippen LogP contribution in [0, 0.1) is 5.92 Å². The number of aliphatic hydroxyl groups is 1. The third-order valence-electron chi connectivity index (χ3n) is 4.72. The Bertz CT molecular complexity index is 572. The highest BCUT2D eigenvalue weighted by Gasteiger charge is 2.27. The van der Waals surface area contributed by atoms with Gasteiger partial charge in [-0.3, -0.25) is 0 Å². The first-order chi connectivity index (χ1) is 10.1. The van der Waals surface area contributed by atoms with Crippen LogP contribution in [0.1, 0.15) is 42.0 Å². The van der Waals surface area contributed by atoms with E-state index in [1.165, 1.54) is 22.3 Å². The van der Waals surface area contributed by atoms with Gasteiger partial charge in [0.2, 0.25) is 0 Å². The van der Waals surface area contributed by atoms with Gasteiger partial charge >= 0.3 is 0 Å². The summed E-state index contributed by atoms with van der Waals surface area (Å²) < 4.78 is 0. The van der Waals surface area contributed by atoms with Crippen LogP contribution >= 0.6 is 0 Å². The summed E-state index contributed by atoms with van der Waals surface area (Å²) in [5.41, 5.74) is 5.43. The number of rotatable bonds is 4. The van der Waals surface area contributed by atoms with Crippen molar-refractivity contribution in [2.24, 2.45) is 5.92 Å². The highest BCUT2D eigenvalue weighted by molar-refractivity contribution is 5.33. The van der Waals surface area contributed by atoms with Gasteiger partial charge in [-0.25, -0.2) is 0 Å². The molecule has 1 N–H and O–H groups in total. The van der Waals surface area contributed by atoms with Gasteiger partial charge in [-0.1, -0.05) is 62.4 Å². The SMILES string of the molecule is CC(C)c1ccc(CC(O)C2Cc3ccccc3C2)cc1. The monoisotopic (exact) mass is 280 g/mol. The second-order valence-corrected chi connectivity index (χ2v) is 6.60. The molecule has 0 aliphatic heterocycles. The molecule has 1 aliphatic rings. The van der Waals surface area contributed by atoms with E-state index >= 15 is 0 Å². The van der Waals surface area contributed by atoms with E-state index in [9.17, 15) is 5.11 Å². The molecule has 3 rings (SSSR count). The summed E-state index contributed by atoms with van der Waals surface area (Å²) in [6, 6.07) is 17.3. The van der Waals surface area contributed by atoms with Gasteiger partial charge in [0, 0.05) is 0 Å². The van der Waals surface area contributed by atoms with Crippen molar-refractivity contribution in [2.75, 3.05) is 0 Å². The van der Waals surface area contributed by atoms with Gasteiger partial charge in [0.15, 0.2) is 0 Å². The third-order valence-corrected chi connectivity index (χ3v) is 4.72. The molecule has 1 aliphatic carbocycles. The van der Waals surface area contributed by atoms with Crippen LogP contribution in [0.15, 0.2) is 48.5 Å². The molecule has 0 aromatic heterocycles. The van der Waals surface area contributed by atoms with E-state index in [-0.39, 0.29) is 6.10 Å². The maximum absolute atomic E-state index is 10.6. The van der Waals surface area contributed by atoms with Gasteiger partial charge in [0.25, 0.3) is 0 Å². The third kappa shape index (κ3) is 3.19. The van der Waals surface area contributed by atoms with Gasteiger partial charge in [0.05, 0.1) is 6.10 Å². The summed E-state index contributed by atoms with van der Waals surface area (Å²) >= 11 is 0. The van der Waals surface area contributed by atoms with E-state index in [4.69, 9.17) is 0 Å². The number of aliphatic hydroxyl groups excluding tert-OH is 1. The quantitative estimate of drug-likeness (QED) is 0.893. The zero-order valence-electron chi connectivity index (χ0n) is 12.9. The second kappa shape index (κ2) is 6.03. The highest BCUT2D eigenvalue weighted by atomic mass is 16.3. The fourth-order valence-electron chi connectivity index (χ4n) is 3.31. The summed E-state index contributed by atoms with van der Waals surface area (Å²) in [6.45, 7) is 4.42. The Balaban J connectivity index is 1.63. The van der Waals surface area contributed by atoms with Crippen molar-refractivity contribution in [1.29, 1.82) is 0 Å². The van der Waals surface area contributed by atoms with Crippen LogP contribution in [-0.4, -0.2) is 11.2 Å². The van der Waals surface area contributed by atoms with Crippen LogP contribution in [0.3, 0.4) is 0 Å². The standard InChI is InChI=1S/C20H24O/c1-14(2)16-9-7-15(8-10-16)11-20(21)19-12-17-5-3-4-6-18(17)13-19/h3-10,14,19-21H,11-13H2,1-2H3. The summed E-state index contributed by atoms with van der Waals surface area (Å²) in [6.07, 6.45) is 2.54. The molecule has 0 radical (unpaired) electrons. The summed E-state index contributed by atoms with van der Waals surface area (Å²) in [5, 5.41) is 10.6. The summed E-state index contributed by atoms with van der Waals surface area (Å²) in [4.78, 5) is 0. The van der Waals surface area contributed by atoms with Gasteiger partial charge in [-0.2, -0.15) is 0 Å². The van der Waals surface area contributed by atoms with E-state index in [2.05, 4.69) is 62.4 Å². The van der Waals surface area contributed by atoms with Crippen LogP contribution in [0.25, 0.3) is 0 Å². The van der Waals surface area contributed by atoms with Crippen molar-refractivity contribution < 1.29 is 5.11 Å². The van der Waals surface area contributed by atoms with E-state index in [0.717, 1.165) is 19.3 Å². The average Bonchev–Trinajstić information content (AvgIpc) is 2.92. The first-order valence-corrected chi connectivity index (χ1v) is 7.97. The molecule has 0 saturated carbocycles. The molecule has 21 heavy (non-hydrogen) atoms. The predicted octanol–water partition coefficient (Wildman–Crippen LogP) is 4.13. The van der Waals surface area contributed by atoms with Crippen LogP contribution < -0.4 is 0 Å². The van der Waals surface area contributed by atoms with Crippen molar-refractivity contribution >= 4 is 0 Å². The van der Waals surface area contributed by atoms with E-state index < -0.39 is 0 Å². The normalized spacial score (nSPS) is 16.2. The average molecular weight is 280 g/mol. The molecule has 1 atom stereocenters. The van der Waals surface area contributed by atoms with Gasteiger partial charge < -0.3 is 5.11 Å². The zero-order chi connectivity index (χ0) is 14.8. The Labute approximate surface area is 127 Å². The van der Waals surface area contributed by atoms with Crippen LogP contribution in [0.2, 0.25) is 0 Å². The molecular formula is C20H24O. The van der Waals surface area contributed by atoms with Crippen LogP contribution in [0.5, 0.6) is 0 Å². The van der Waals surface area contributed by atoms with Crippen molar-refractivity contribution in [3.8, 4) is 0 Å². The number of hydrogen-bond donors (Lipinski definition) is 1. The number of hydrogen-bond acceptors (Lipinski definition) is 1. The van der Waals surface area contributed by atoms with Crippen molar-refractivity contribution in [3.63, 3.8) is 0 Å². The Hall–Kier alpha value is -1.60. The summed E-state index contributed by atoms with van der Waals surface area (Å²) in [7, 11) is 0. The molecule has 2 aromatic rings. The smallest absolute Gasteiger partial charge is 0.0615 e. The minimum Gasteiger partial charge on any atom is -0.392 e. The number of fused-ring (bicyclic) bond motifs is 1. The van der Waals surface area contributed by atoms with Gasteiger partial charge in [-0.05, 0) is 53.4 Å². The summed E-state index contributed by atoms with van der Waals surface area (Å²) in [5.74, 6) is 0.931. The first kappa shape index (κ1) is 14.3. The van der Waals surface area contributed by atoms with Crippen LogP contribution in [0.4, 0.5) is 0 Å². The van der Waals surface area contributed by atoms with Gasteiger partial charge in [-0.15, -0.1) is 0 Å². The minimum atomic E-state index is -0.248. The van der Waals surface area contributed by atoms with Crippen LogP contribution in [-0.2, 0) is 19.3 Å². The number of benzene rings is 2. The molecule has 0 saturated heterocycles. The fourth-order valence-corrected chi connectivity index (χ4v) is 3.31. The molecule has 0 amide bonds. The van der Waals surface area contributed by atoms with E-state index in [1.807, 2.05) is 0 Å². The molecular weight excluding hydrogens is 256 g/mol. The van der Waals surface area contributed by atoms with E-state index in [0.29, 0.717) is 11.8 Å². The minimum absolute atomic E-state index is 0.248. The Morgan fingerprint density at radius 1 is 0.952 bits per heavy atom. The lowest BCUT2D eigenvalue weighted by atomic mass is 9.92. The highest BCUT2D eigenvalue weighted by Crippen LogP contribution is 2.30. The fraction of sp³-hybridized carbons (Fsp3) is 0.400. The Morgan fingerprint density at radius 3 is 2.05 bits per heavy atom. The lowest BCUT2D eigenvalue weighted by Gasteiger charge is -2.18. The van der Waals surface area contributed by atoms with Crippen molar-refractivity contribution in [3.05, 3.63) is 70.8 Å². The molecule has 1 heteroatoms. The zero-order valence-corrected chi connectivity index (χ0v) is 12.9. The Morgan fingerprint density at radius 2 is 1.52 bits per heavy atom. The molecule has 0 spiro atoms.